The van der Waals surface area contributed by atoms with Gasteiger partial charge in [-0.15, -0.1) is 11.8 Å². The molecule has 1 unspecified atom stereocenters. The van der Waals surface area contributed by atoms with Crippen LogP contribution in [0.25, 0.3) is 0 Å². The van der Waals surface area contributed by atoms with Crippen LogP contribution in [-0.2, 0) is 4.79 Å². The summed E-state index contributed by atoms with van der Waals surface area (Å²) >= 11 is 1.57. The minimum Gasteiger partial charge on any atom is -0.358 e. The van der Waals surface area contributed by atoms with Gasteiger partial charge in [0.15, 0.2) is 0 Å². The van der Waals surface area contributed by atoms with Crippen molar-refractivity contribution < 1.29 is 4.79 Å². The second-order valence-electron chi connectivity index (χ2n) is 1.92. The zero-order chi connectivity index (χ0) is 7.98. The molecule has 0 aliphatic rings. The van der Waals surface area contributed by atoms with E-state index in [1.165, 1.54) is 0 Å². The molecule has 0 aromatic heterocycles. The van der Waals surface area contributed by atoms with Gasteiger partial charge in [-0.1, -0.05) is 0 Å². The summed E-state index contributed by atoms with van der Waals surface area (Å²) in [6.07, 6.45) is 0. The van der Waals surface area contributed by atoms with E-state index in [1.54, 1.807) is 18.8 Å². The Balaban J connectivity index is 3.41. The Morgan fingerprint density at radius 2 is 2.40 bits per heavy atom. The molecule has 10 heavy (non-hydrogen) atoms. The van der Waals surface area contributed by atoms with Gasteiger partial charge in [-0.3, -0.25) is 4.79 Å². The van der Waals surface area contributed by atoms with Crippen LogP contribution in [-0.4, -0.2) is 30.5 Å². The SMILES string of the molecule is CNC(=O)C(C)SCCN. The highest BCUT2D eigenvalue weighted by atomic mass is 32.2. The molecule has 0 radical (unpaired) electrons. The monoisotopic (exact) mass is 162 g/mol. The topological polar surface area (TPSA) is 55.1 Å². The van der Waals surface area contributed by atoms with Crippen LogP contribution in [0.5, 0.6) is 0 Å². The molecular weight excluding hydrogens is 148 g/mol. The number of carbonyl (C=O) groups excluding carboxylic acids is 1. The van der Waals surface area contributed by atoms with Crippen LogP contribution >= 0.6 is 11.8 Å². The first kappa shape index (κ1) is 9.78. The first-order valence-corrected chi connectivity index (χ1v) is 4.30. The summed E-state index contributed by atoms with van der Waals surface area (Å²) in [5, 5.41) is 2.59. The van der Waals surface area contributed by atoms with Gasteiger partial charge in [0.25, 0.3) is 0 Å². The van der Waals surface area contributed by atoms with Crippen molar-refractivity contribution in [3.8, 4) is 0 Å². The molecule has 0 aliphatic carbocycles. The van der Waals surface area contributed by atoms with Crippen molar-refractivity contribution in [2.45, 2.75) is 12.2 Å². The van der Waals surface area contributed by atoms with Crippen LogP contribution in [0, 0.1) is 0 Å². The maximum Gasteiger partial charge on any atom is 0.232 e. The molecule has 1 atom stereocenters. The summed E-state index contributed by atoms with van der Waals surface area (Å²) in [5.41, 5.74) is 5.27. The van der Waals surface area contributed by atoms with E-state index >= 15 is 0 Å². The van der Waals surface area contributed by atoms with Crippen molar-refractivity contribution in [2.24, 2.45) is 5.73 Å². The van der Waals surface area contributed by atoms with E-state index in [0.29, 0.717) is 6.54 Å². The fourth-order valence-corrected chi connectivity index (χ4v) is 1.28. The molecule has 3 N–H and O–H groups in total. The van der Waals surface area contributed by atoms with Gasteiger partial charge < -0.3 is 11.1 Å². The van der Waals surface area contributed by atoms with Gasteiger partial charge in [0.05, 0.1) is 5.25 Å². The molecule has 3 nitrogen and oxygen atoms in total. The maximum absolute atomic E-state index is 10.8. The molecule has 0 spiro atoms. The third kappa shape index (κ3) is 3.74. The van der Waals surface area contributed by atoms with Gasteiger partial charge in [-0.25, -0.2) is 0 Å². The first-order chi connectivity index (χ1) is 4.72. The van der Waals surface area contributed by atoms with Gasteiger partial charge >= 0.3 is 0 Å². The smallest absolute Gasteiger partial charge is 0.232 e. The van der Waals surface area contributed by atoms with Crippen molar-refractivity contribution in [2.75, 3.05) is 19.3 Å². The van der Waals surface area contributed by atoms with E-state index in [-0.39, 0.29) is 11.2 Å². The highest BCUT2D eigenvalue weighted by Crippen LogP contribution is 2.08. The summed E-state index contributed by atoms with van der Waals surface area (Å²) in [6.45, 7) is 2.51. The second kappa shape index (κ2) is 5.56. The van der Waals surface area contributed by atoms with Crippen LogP contribution in [0.2, 0.25) is 0 Å². The zero-order valence-corrected chi connectivity index (χ0v) is 7.20. The van der Waals surface area contributed by atoms with Crippen molar-refractivity contribution in [1.29, 1.82) is 0 Å². The highest BCUT2D eigenvalue weighted by molar-refractivity contribution is 8.00. The van der Waals surface area contributed by atoms with Crippen LogP contribution < -0.4 is 11.1 Å². The number of nitrogens with two attached hydrogens (primary N) is 1. The van der Waals surface area contributed by atoms with E-state index < -0.39 is 0 Å². The summed E-state index contributed by atoms with van der Waals surface area (Å²) in [7, 11) is 1.64. The third-order valence-corrected chi connectivity index (χ3v) is 2.29. The van der Waals surface area contributed by atoms with Crippen LogP contribution in [0.1, 0.15) is 6.92 Å². The average molecular weight is 162 g/mol. The summed E-state index contributed by atoms with van der Waals surface area (Å²) < 4.78 is 0. The number of thioether (sulfide) groups is 1. The molecule has 0 aromatic rings. The lowest BCUT2D eigenvalue weighted by Gasteiger charge is -2.07. The van der Waals surface area contributed by atoms with Crippen molar-refractivity contribution >= 4 is 17.7 Å². The standard InChI is InChI=1S/C6H14N2OS/c1-5(6(9)8-2)10-4-3-7/h5H,3-4,7H2,1-2H3,(H,8,9). The normalized spacial score (nSPS) is 12.7. The molecule has 0 aromatic carbocycles. The predicted molar refractivity (Wildman–Crippen MR) is 45.0 cm³/mol. The molecule has 0 aliphatic heterocycles. The van der Waals surface area contributed by atoms with Gasteiger partial charge in [-0.2, -0.15) is 0 Å². The molecule has 0 fully saturated rings. The van der Waals surface area contributed by atoms with Crippen molar-refractivity contribution in [3.05, 3.63) is 0 Å². The molecule has 4 heteroatoms. The minimum absolute atomic E-state index is 0.0218. The van der Waals surface area contributed by atoms with Gasteiger partial charge in [0, 0.05) is 19.3 Å². The predicted octanol–water partition coefficient (Wildman–Crippen LogP) is -0.187. The van der Waals surface area contributed by atoms with E-state index in [9.17, 15) is 4.79 Å². The summed E-state index contributed by atoms with van der Waals surface area (Å²) in [6, 6.07) is 0. The molecular formula is C6H14N2OS. The van der Waals surface area contributed by atoms with Gasteiger partial charge in [0.1, 0.15) is 0 Å². The maximum atomic E-state index is 10.8. The fourth-order valence-electron chi connectivity index (χ4n) is 0.524. The number of hydrogen-bond donors (Lipinski definition) is 2. The molecule has 0 bridgehead atoms. The van der Waals surface area contributed by atoms with Crippen LogP contribution in [0.15, 0.2) is 0 Å². The zero-order valence-electron chi connectivity index (χ0n) is 6.39. The van der Waals surface area contributed by atoms with E-state index in [0.717, 1.165) is 5.75 Å². The van der Waals surface area contributed by atoms with Crippen molar-refractivity contribution in [1.82, 2.24) is 5.32 Å². The summed E-state index contributed by atoms with van der Waals surface area (Å²) in [4.78, 5) is 10.8. The van der Waals surface area contributed by atoms with E-state index in [4.69, 9.17) is 5.73 Å². The Morgan fingerprint density at radius 3 is 2.80 bits per heavy atom. The Kier molecular flexibility index (Phi) is 5.43. The molecule has 0 saturated carbocycles. The quantitative estimate of drug-likeness (QED) is 0.602. The van der Waals surface area contributed by atoms with Gasteiger partial charge in [-0.05, 0) is 6.92 Å². The second-order valence-corrected chi connectivity index (χ2v) is 3.36. The average Bonchev–Trinajstić information content (AvgIpc) is 1.98. The fraction of sp³-hybridized carbons (Fsp3) is 0.833. The van der Waals surface area contributed by atoms with E-state index in [2.05, 4.69) is 5.32 Å². The molecule has 1 amide bonds. The lowest BCUT2D eigenvalue weighted by Crippen LogP contribution is -2.27. The Morgan fingerprint density at radius 1 is 1.80 bits per heavy atom. The molecule has 0 saturated heterocycles. The van der Waals surface area contributed by atoms with Crippen LogP contribution in [0.4, 0.5) is 0 Å². The van der Waals surface area contributed by atoms with E-state index in [1.807, 2.05) is 6.92 Å². The van der Waals surface area contributed by atoms with Crippen molar-refractivity contribution in [3.63, 3.8) is 0 Å². The number of amides is 1. The van der Waals surface area contributed by atoms with Crippen LogP contribution in [0.3, 0.4) is 0 Å². The van der Waals surface area contributed by atoms with Gasteiger partial charge in [0.2, 0.25) is 5.91 Å². The molecule has 60 valence electrons. The Hall–Kier alpha value is -0.220. The minimum atomic E-state index is 0.0218. The number of nitrogens with one attached hydrogen (secondary N) is 1. The molecule has 0 rings (SSSR count). The number of rotatable bonds is 4. The molecule has 0 heterocycles. The Bertz CT molecular complexity index is 108. The summed E-state index contributed by atoms with van der Waals surface area (Å²) in [5.74, 6) is 0.910. The highest BCUT2D eigenvalue weighted by Gasteiger charge is 2.09. The third-order valence-electron chi connectivity index (χ3n) is 1.10. The Labute approximate surface area is 65.7 Å². The number of hydrogen-bond acceptors (Lipinski definition) is 3. The lowest BCUT2D eigenvalue weighted by atomic mass is 10.4. The first-order valence-electron chi connectivity index (χ1n) is 3.25. The number of carbonyl (C=O) groups is 1. The lowest BCUT2D eigenvalue weighted by molar-refractivity contribution is -0.119. The largest absolute Gasteiger partial charge is 0.358 e.